The zero-order valence-corrected chi connectivity index (χ0v) is 11.1. The highest BCUT2D eigenvalue weighted by atomic mass is 16.3. The molecule has 0 N–H and O–H groups in total. The standard InChI is InChI=1S/C16H18O2/c1-4-14(17)16-9-8-15(18-16)13-7-5-6-12(10-13)11(2)3/h5-11H,4H2,1-3H3. The molecule has 0 saturated carbocycles. The molecule has 1 aromatic heterocycles. The minimum Gasteiger partial charge on any atom is -0.453 e. The Balaban J connectivity index is 2.34. The highest BCUT2D eigenvalue weighted by Crippen LogP contribution is 2.26. The Morgan fingerprint density at radius 3 is 2.67 bits per heavy atom. The summed E-state index contributed by atoms with van der Waals surface area (Å²) >= 11 is 0. The van der Waals surface area contributed by atoms with Crippen LogP contribution in [0.4, 0.5) is 0 Å². The van der Waals surface area contributed by atoms with Gasteiger partial charge in [-0.3, -0.25) is 4.79 Å². The van der Waals surface area contributed by atoms with Gasteiger partial charge in [-0.1, -0.05) is 39.0 Å². The van der Waals surface area contributed by atoms with Crippen LogP contribution in [0.1, 0.15) is 49.2 Å². The fourth-order valence-electron chi connectivity index (χ4n) is 1.87. The normalized spacial score (nSPS) is 10.9. The second-order valence-corrected chi connectivity index (χ2v) is 4.72. The summed E-state index contributed by atoms with van der Waals surface area (Å²) < 4.78 is 5.61. The first kappa shape index (κ1) is 12.6. The van der Waals surface area contributed by atoms with Gasteiger partial charge in [-0.25, -0.2) is 0 Å². The van der Waals surface area contributed by atoms with Crippen molar-refractivity contribution < 1.29 is 9.21 Å². The van der Waals surface area contributed by atoms with Crippen molar-refractivity contribution in [3.8, 4) is 11.3 Å². The van der Waals surface area contributed by atoms with Gasteiger partial charge in [-0.2, -0.15) is 0 Å². The first-order valence-corrected chi connectivity index (χ1v) is 6.35. The summed E-state index contributed by atoms with van der Waals surface area (Å²) in [5, 5.41) is 0. The van der Waals surface area contributed by atoms with E-state index in [4.69, 9.17) is 4.42 Å². The van der Waals surface area contributed by atoms with Crippen LogP contribution in [-0.2, 0) is 0 Å². The lowest BCUT2D eigenvalue weighted by Gasteiger charge is -2.06. The zero-order valence-electron chi connectivity index (χ0n) is 11.1. The summed E-state index contributed by atoms with van der Waals surface area (Å²) in [7, 11) is 0. The number of carbonyl (C=O) groups is 1. The van der Waals surface area contributed by atoms with Crippen molar-refractivity contribution in [1.29, 1.82) is 0 Å². The Hall–Kier alpha value is -1.83. The van der Waals surface area contributed by atoms with Gasteiger partial charge >= 0.3 is 0 Å². The minimum atomic E-state index is 0.0428. The Kier molecular flexibility index (Phi) is 3.66. The Labute approximate surface area is 108 Å². The van der Waals surface area contributed by atoms with Crippen LogP contribution in [0.3, 0.4) is 0 Å². The van der Waals surface area contributed by atoms with E-state index in [1.807, 2.05) is 25.1 Å². The van der Waals surface area contributed by atoms with Gasteiger partial charge in [0.05, 0.1) is 0 Å². The second kappa shape index (κ2) is 5.21. The van der Waals surface area contributed by atoms with Crippen LogP contribution in [0.25, 0.3) is 11.3 Å². The zero-order chi connectivity index (χ0) is 13.1. The molecule has 2 nitrogen and oxygen atoms in total. The fourth-order valence-corrected chi connectivity index (χ4v) is 1.87. The lowest BCUT2D eigenvalue weighted by Crippen LogP contribution is -1.92. The van der Waals surface area contributed by atoms with Crippen LogP contribution in [-0.4, -0.2) is 5.78 Å². The average molecular weight is 242 g/mol. The number of Topliss-reactive ketones (excluding diaryl/α,β-unsaturated/α-hetero) is 1. The number of benzene rings is 1. The first-order valence-electron chi connectivity index (χ1n) is 6.35. The molecule has 94 valence electrons. The number of ketones is 1. The van der Waals surface area contributed by atoms with Crippen molar-refractivity contribution in [2.24, 2.45) is 0 Å². The van der Waals surface area contributed by atoms with Gasteiger partial charge < -0.3 is 4.42 Å². The molecule has 0 atom stereocenters. The molecule has 0 aliphatic rings. The summed E-state index contributed by atoms with van der Waals surface area (Å²) in [5.74, 6) is 1.73. The van der Waals surface area contributed by atoms with Crippen molar-refractivity contribution in [3.63, 3.8) is 0 Å². The molecule has 1 heterocycles. The summed E-state index contributed by atoms with van der Waals surface area (Å²) in [5.41, 5.74) is 2.30. The number of carbonyl (C=O) groups excluding carboxylic acids is 1. The van der Waals surface area contributed by atoms with Crippen LogP contribution in [0.15, 0.2) is 40.8 Å². The summed E-state index contributed by atoms with van der Waals surface area (Å²) in [6.45, 7) is 6.16. The van der Waals surface area contributed by atoms with E-state index in [9.17, 15) is 4.79 Å². The van der Waals surface area contributed by atoms with E-state index in [0.717, 1.165) is 11.3 Å². The number of furan rings is 1. The lowest BCUT2D eigenvalue weighted by molar-refractivity contribution is 0.0962. The molecular formula is C16H18O2. The summed E-state index contributed by atoms with van der Waals surface area (Å²) in [4.78, 5) is 11.5. The van der Waals surface area contributed by atoms with Crippen LogP contribution < -0.4 is 0 Å². The largest absolute Gasteiger partial charge is 0.453 e. The van der Waals surface area contributed by atoms with Gasteiger partial charge in [0.15, 0.2) is 11.5 Å². The van der Waals surface area contributed by atoms with E-state index in [1.54, 1.807) is 6.07 Å². The minimum absolute atomic E-state index is 0.0428. The summed E-state index contributed by atoms with van der Waals surface area (Å²) in [6.07, 6.45) is 0.471. The molecule has 0 bridgehead atoms. The third-order valence-corrected chi connectivity index (χ3v) is 3.04. The van der Waals surface area contributed by atoms with Crippen LogP contribution in [0, 0.1) is 0 Å². The molecule has 0 unspecified atom stereocenters. The molecule has 0 amide bonds. The topological polar surface area (TPSA) is 30.2 Å². The van der Waals surface area contributed by atoms with E-state index in [0.29, 0.717) is 18.1 Å². The maximum absolute atomic E-state index is 11.5. The van der Waals surface area contributed by atoms with Crippen LogP contribution in [0.5, 0.6) is 0 Å². The van der Waals surface area contributed by atoms with Crippen molar-refractivity contribution in [1.82, 2.24) is 0 Å². The Morgan fingerprint density at radius 1 is 1.22 bits per heavy atom. The van der Waals surface area contributed by atoms with E-state index >= 15 is 0 Å². The molecule has 0 fully saturated rings. The molecule has 0 saturated heterocycles. The lowest BCUT2D eigenvalue weighted by atomic mass is 10.0. The smallest absolute Gasteiger partial charge is 0.197 e. The van der Waals surface area contributed by atoms with E-state index in [-0.39, 0.29) is 5.78 Å². The van der Waals surface area contributed by atoms with Crippen molar-refractivity contribution in [2.75, 3.05) is 0 Å². The van der Waals surface area contributed by atoms with Gasteiger partial charge in [0.1, 0.15) is 5.76 Å². The quantitative estimate of drug-likeness (QED) is 0.730. The molecule has 18 heavy (non-hydrogen) atoms. The average Bonchev–Trinajstić information content (AvgIpc) is 2.87. The second-order valence-electron chi connectivity index (χ2n) is 4.72. The maximum Gasteiger partial charge on any atom is 0.197 e. The molecular weight excluding hydrogens is 224 g/mol. The Morgan fingerprint density at radius 2 is 2.00 bits per heavy atom. The molecule has 2 rings (SSSR count). The van der Waals surface area contributed by atoms with E-state index < -0.39 is 0 Å². The number of rotatable bonds is 4. The summed E-state index contributed by atoms with van der Waals surface area (Å²) in [6, 6.07) is 11.9. The predicted octanol–water partition coefficient (Wildman–Crippen LogP) is 4.66. The van der Waals surface area contributed by atoms with Gasteiger partial charge in [0.2, 0.25) is 0 Å². The van der Waals surface area contributed by atoms with Crippen molar-refractivity contribution >= 4 is 5.78 Å². The molecule has 1 aromatic carbocycles. The van der Waals surface area contributed by atoms with E-state index in [1.165, 1.54) is 5.56 Å². The predicted molar refractivity (Wildman–Crippen MR) is 72.9 cm³/mol. The van der Waals surface area contributed by atoms with Gasteiger partial charge in [0.25, 0.3) is 0 Å². The maximum atomic E-state index is 11.5. The molecule has 0 aliphatic heterocycles. The molecule has 0 aliphatic carbocycles. The fraction of sp³-hybridized carbons (Fsp3) is 0.312. The highest BCUT2D eigenvalue weighted by Gasteiger charge is 2.11. The van der Waals surface area contributed by atoms with Crippen LogP contribution in [0.2, 0.25) is 0 Å². The molecule has 2 heteroatoms. The monoisotopic (exact) mass is 242 g/mol. The van der Waals surface area contributed by atoms with Crippen molar-refractivity contribution in [2.45, 2.75) is 33.1 Å². The third-order valence-electron chi connectivity index (χ3n) is 3.04. The van der Waals surface area contributed by atoms with E-state index in [2.05, 4.69) is 26.0 Å². The number of hydrogen-bond donors (Lipinski definition) is 0. The molecule has 2 aromatic rings. The van der Waals surface area contributed by atoms with Crippen molar-refractivity contribution in [3.05, 3.63) is 47.7 Å². The molecule has 0 radical (unpaired) electrons. The van der Waals surface area contributed by atoms with Gasteiger partial charge in [-0.15, -0.1) is 0 Å². The van der Waals surface area contributed by atoms with Crippen LogP contribution >= 0.6 is 0 Å². The Bertz CT molecular complexity index is 550. The van der Waals surface area contributed by atoms with Gasteiger partial charge in [-0.05, 0) is 29.7 Å². The van der Waals surface area contributed by atoms with Gasteiger partial charge in [0, 0.05) is 12.0 Å². The third kappa shape index (κ3) is 2.53. The number of hydrogen-bond acceptors (Lipinski definition) is 2. The molecule has 0 spiro atoms. The SMILES string of the molecule is CCC(=O)c1ccc(-c2cccc(C(C)C)c2)o1. The first-order chi connectivity index (χ1) is 8.61. The highest BCUT2D eigenvalue weighted by molar-refractivity contribution is 5.93.